The lowest BCUT2D eigenvalue weighted by molar-refractivity contribution is 0.104. The third-order valence-corrected chi connectivity index (χ3v) is 11.6. The van der Waals surface area contributed by atoms with Crippen LogP contribution in [0, 0.1) is 0 Å². The van der Waals surface area contributed by atoms with Gasteiger partial charge in [-0.25, -0.2) is 0 Å². The van der Waals surface area contributed by atoms with Crippen molar-refractivity contribution in [1.82, 2.24) is 0 Å². The Bertz CT molecular complexity index is 1170. The van der Waals surface area contributed by atoms with Crippen LogP contribution in [0.4, 0.5) is 0 Å². The first-order valence-electron chi connectivity index (χ1n) is 12.7. The van der Waals surface area contributed by atoms with Crippen LogP contribution in [0.5, 0.6) is 0 Å². The molecule has 4 heterocycles. The van der Waals surface area contributed by atoms with Gasteiger partial charge in [0, 0.05) is 40.4 Å². The Kier molecular flexibility index (Phi) is 7.84. The van der Waals surface area contributed by atoms with Crippen LogP contribution in [0.2, 0.25) is 0 Å². The number of hydrogen-bond donors (Lipinski definition) is 0. The average molecular weight is 525 g/mol. The summed E-state index contributed by atoms with van der Waals surface area (Å²) < 4.78 is 0. The second-order valence-corrected chi connectivity index (χ2v) is 13.6. The maximum atomic E-state index is 13.2. The van der Waals surface area contributed by atoms with E-state index in [1.54, 1.807) is 22.7 Å². The smallest absolute Gasteiger partial charge is 0.196 e. The van der Waals surface area contributed by atoms with Crippen LogP contribution in [-0.2, 0) is 12.8 Å². The zero-order valence-electron chi connectivity index (χ0n) is 20.1. The fraction of sp³-hybridized carbons (Fsp3) is 0.414. The van der Waals surface area contributed by atoms with E-state index < -0.39 is 0 Å². The molecule has 0 saturated heterocycles. The number of carbonyl (C=O) groups excluding carboxylic acids is 1. The van der Waals surface area contributed by atoms with Gasteiger partial charge < -0.3 is 0 Å². The topological polar surface area (TPSA) is 17.1 Å². The highest BCUT2D eigenvalue weighted by Gasteiger charge is 2.32. The predicted molar refractivity (Wildman–Crippen MR) is 153 cm³/mol. The van der Waals surface area contributed by atoms with Crippen molar-refractivity contribution in [2.45, 2.75) is 78.1 Å². The minimum Gasteiger partial charge on any atom is -0.288 e. The standard InChI is InChI=1S/C29H32OS4/c1-3-5-7-9-11-19-13-15-23(31-19)25-17-21-27(30)22-18-26(34-29(22)28(21)33-25)24-16-14-20(32-24)12-10-8-6-4-2/h13-18H,3-12H2,1-2H3. The molecule has 5 rings (SSSR count). The first-order chi connectivity index (χ1) is 16.7. The Morgan fingerprint density at radius 1 is 0.559 bits per heavy atom. The van der Waals surface area contributed by atoms with Gasteiger partial charge in [0.2, 0.25) is 0 Å². The second-order valence-electron chi connectivity index (χ2n) is 9.19. The van der Waals surface area contributed by atoms with E-state index >= 15 is 0 Å². The summed E-state index contributed by atoms with van der Waals surface area (Å²) in [5.74, 6) is 0.211. The lowest BCUT2D eigenvalue weighted by Crippen LogP contribution is -1.92. The molecule has 0 fully saturated rings. The Hall–Kier alpha value is -1.53. The highest BCUT2D eigenvalue weighted by atomic mass is 32.1. The molecule has 1 aliphatic carbocycles. The number of ketones is 1. The molecule has 0 N–H and O–H groups in total. The van der Waals surface area contributed by atoms with E-state index in [1.165, 1.54) is 103 Å². The van der Waals surface area contributed by atoms with E-state index in [-0.39, 0.29) is 5.78 Å². The van der Waals surface area contributed by atoms with Crippen molar-refractivity contribution in [2.75, 3.05) is 0 Å². The van der Waals surface area contributed by atoms with Crippen molar-refractivity contribution < 1.29 is 4.79 Å². The summed E-state index contributed by atoms with van der Waals surface area (Å²) in [6.45, 7) is 4.52. The molecule has 0 unspecified atom stereocenters. The Morgan fingerprint density at radius 3 is 1.47 bits per heavy atom. The molecular formula is C29H32OS4. The first-order valence-corrected chi connectivity index (χ1v) is 16.0. The number of thiophene rings is 4. The molecule has 0 aliphatic heterocycles. The van der Waals surface area contributed by atoms with Crippen molar-refractivity contribution in [3.63, 3.8) is 0 Å². The Morgan fingerprint density at radius 2 is 1.03 bits per heavy atom. The van der Waals surface area contributed by atoms with Crippen molar-refractivity contribution >= 4 is 51.1 Å². The molecule has 1 aliphatic rings. The van der Waals surface area contributed by atoms with E-state index in [0.717, 1.165) is 11.1 Å². The van der Waals surface area contributed by atoms with Crippen LogP contribution in [0.1, 0.15) is 90.9 Å². The third kappa shape index (κ3) is 5.04. The molecule has 178 valence electrons. The molecule has 0 amide bonds. The number of rotatable bonds is 12. The summed E-state index contributed by atoms with van der Waals surface area (Å²) in [5, 5.41) is 0. The van der Waals surface area contributed by atoms with E-state index in [4.69, 9.17) is 0 Å². The summed E-state index contributed by atoms with van der Waals surface area (Å²) >= 11 is 7.40. The summed E-state index contributed by atoms with van der Waals surface area (Å²) in [4.78, 5) is 23.6. The van der Waals surface area contributed by atoms with Gasteiger partial charge in [-0.15, -0.1) is 45.3 Å². The molecule has 5 heteroatoms. The number of aryl methyl sites for hydroxylation is 2. The third-order valence-electron chi connectivity index (χ3n) is 6.52. The van der Waals surface area contributed by atoms with Crippen LogP contribution < -0.4 is 0 Å². The molecule has 0 spiro atoms. The molecule has 34 heavy (non-hydrogen) atoms. The number of unbranched alkanes of at least 4 members (excludes halogenated alkanes) is 6. The minimum atomic E-state index is 0.211. The quantitative estimate of drug-likeness (QED) is 0.148. The monoisotopic (exact) mass is 524 g/mol. The van der Waals surface area contributed by atoms with Crippen molar-refractivity contribution in [2.24, 2.45) is 0 Å². The number of fused-ring (bicyclic) bond motifs is 3. The molecule has 0 atom stereocenters. The van der Waals surface area contributed by atoms with Gasteiger partial charge >= 0.3 is 0 Å². The maximum Gasteiger partial charge on any atom is 0.196 e. The fourth-order valence-electron chi connectivity index (χ4n) is 4.59. The molecular weight excluding hydrogens is 493 g/mol. The van der Waals surface area contributed by atoms with Crippen LogP contribution >= 0.6 is 45.3 Å². The van der Waals surface area contributed by atoms with Gasteiger partial charge in [0.1, 0.15) is 0 Å². The normalized spacial score (nSPS) is 12.5. The zero-order chi connectivity index (χ0) is 23.5. The summed E-state index contributed by atoms with van der Waals surface area (Å²) in [7, 11) is 0. The SMILES string of the molecule is CCCCCCc1ccc(-c2cc3c(s2)-c2sc(-c4ccc(CCCCCC)s4)cc2C3=O)s1. The summed E-state index contributed by atoms with van der Waals surface area (Å²) in [5.41, 5.74) is 1.82. The Labute approximate surface area is 219 Å². The molecule has 4 aromatic rings. The van der Waals surface area contributed by atoms with Crippen molar-refractivity contribution in [3.8, 4) is 29.3 Å². The molecule has 0 bridgehead atoms. The van der Waals surface area contributed by atoms with E-state index in [1.807, 2.05) is 22.7 Å². The average Bonchev–Trinajstić information content (AvgIpc) is 3.64. The highest BCUT2D eigenvalue weighted by molar-refractivity contribution is 7.29. The van der Waals surface area contributed by atoms with Crippen LogP contribution in [-0.4, -0.2) is 5.78 Å². The van der Waals surface area contributed by atoms with Gasteiger partial charge in [0.05, 0.1) is 9.75 Å². The molecule has 0 radical (unpaired) electrons. The van der Waals surface area contributed by atoms with Crippen LogP contribution in [0.15, 0.2) is 36.4 Å². The maximum absolute atomic E-state index is 13.2. The lowest BCUT2D eigenvalue weighted by Gasteiger charge is -1.97. The van der Waals surface area contributed by atoms with E-state index in [0.29, 0.717) is 0 Å². The van der Waals surface area contributed by atoms with Crippen LogP contribution in [0.25, 0.3) is 29.3 Å². The van der Waals surface area contributed by atoms with Crippen molar-refractivity contribution in [1.29, 1.82) is 0 Å². The predicted octanol–water partition coefficient (Wildman–Crippen LogP) is 10.7. The fourth-order valence-corrected chi connectivity index (χ4v) is 9.32. The molecule has 0 saturated carbocycles. The summed E-state index contributed by atoms with van der Waals surface area (Å²) in [6.07, 6.45) is 12.8. The Balaban J connectivity index is 1.31. The van der Waals surface area contributed by atoms with E-state index in [9.17, 15) is 4.79 Å². The second kappa shape index (κ2) is 11.0. The zero-order valence-corrected chi connectivity index (χ0v) is 23.3. The minimum absolute atomic E-state index is 0.211. The van der Waals surface area contributed by atoms with Gasteiger partial charge in [-0.3, -0.25) is 4.79 Å². The van der Waals surface area contributed by atoms with Gasteiger partial charge in [-0.1, -0.05) is 52.4 Å². The number of hydrogen-bond acceptors (Lipinski definition) is 5. The van der Waals surface area contributed by atoms with E-state index in [2.05, 4.69) is 50.2 Å². The van der Waals surface area contributed by atoms with Gasteiger partial charge in [0.25, 0.3) is 0 Å². The highest BCUT2D eigenvalue weighted by Crippen LogP contribution is 2.51. The number of carbonyl (C=O) groups is 1. The first kappa shape index (κ1) is 24.2. The summed E-state index contributed by atoms with van der Waals surface area (Å²) in [6, 6.07) is 13.3. The largest absolute Gasteiger partial charge is 0.288 e. The molecule has 4 aromatic heterocycles. The van der Waals surface area contributed by atoms with Gasteiger partial charge in [-0.05, 0) is 62.1 Å². The molecule has 1 nitrogen and oxygen atoms in total. The van der Waals surface area contributed by atoms with Gasteiger partial charge in [0.15, 0.2) is 5.78 Å². The van der Waals surface area contributed by atoms with Gasteiger partial charge in [-0.2, -0.15) is 0 Å². The molecule has 0 aromatic carbocycles. The van der Waals surface area contributed by atoms with Crippen LogP contribution in [0.3, 0.4) is 0 Å². The van der Waals surface area contributed by atoms with Crippen molar-refractivity contribution in [3.05, 3.63) is 57.3 Å². The lowest BCUT2D eigenvalue weighted by atomic mass is 10.1.